The second-order valence-corrected chi connectivity index (χ2v) is 6.88. The molecular formula is C16H23N5O3S. The highest BCUT2D eigenvalue weighted by molar-refractivity contribution is 7.98. The van der Waals surface area contributed by atoms with Gasteiger partial charge in [-0.1, -0.05) is 25.6 Å². The van der Waals surface area contributed by atoms with E-state index >= 15 is 0 Å². The molecule has 136 valence electrons. The fraction of sp³-hybridized carbons (Fsp3) is 0.562. The third kappa shape index (κ3) is 4.91. The summed E-state index contributed by atoms with van der Waals surface area (Å²) in [6.45, 7) is 7.94. The van der Waals surface area contributed by atoms with E-state index in [1.54, 1.807) is 4.52 Å². The summed E-state index contributed by atoms with van der Waals surface area (Å²) in [7, 11) is 0. The first kappa shape index (κ1) is 19.2. The zero-order valence-corrected chi connectivity index (χ0v) is 15.9. The van der Waals surface area contributed by atoms with Crippen molar-refractivity contribution in [2.24, 2.45) is 5.92 Å². The van der Waals surface area contributed by atoms with Crippen LogP contribution in [0.2, 0.25) is 0 Å². The normalized spacial score (nSPS) is 11.1. The van der Waals surface area contributed by atoms with E-state index in [0.29, 0.717) is 29.1 Å². The van der Waals surface area contributed by atoms with Gasteiger partial charge in [-0.05, 0) is 26.0 Å². The number of ether oxygens (including phenoxy) is 1. The van der Waals surface area contributed by atoms with Gasteiger partial charge in [-0.25, -0.2) is 9.50 Å². The van der Waals surface area contributed by atoms with E-state index in [1.165, 1.54) is 11.8 Å². The molecule has 0 saturated heterocycles. The van der Waals surface area contributed by atoms with Gasteiger partial charge in [0.25, 0.3) is 11.7 Å². The van der Waals surface area contributed by atoms with Crippen molar-refractivity contribution in [3.05, 3.63) is 17.0 Å². The predicted molar refractivity (Wildman–Crippen MR) is 94.5 cm³/mol. The van der Waals surface area contributed by atoms with Crippen LogP contribution >= 0.6 is 11.8 Å². The summed E-state index contributed by atoms with van der Waals surface area (Å²) in [6, 6.07) is 0. The number of esters is 1. The average molecular weight is 365 g/mol. The zero-order chi connectivity index (χ0) is 18.6. The van der Waals surface area contributed by atoms with Crippen LogP contribution in [0.25, 0.3) is 5.78 Å². The van der Waals surface area contributed by atoms with Crippen molar-refractivity contribution < 1.29 is 14.3 Å². The van der Waals surface area contributed by atoms with Crippen molar-refractivity contribution in [2.75, 3.05) is 19.4 Å². The number of hydrogen-bond acceptors (Lipinski definition) is 7. The van der Waals surface area contributed by atoms with Gasteiger partial charge in [0.2, 0.25) is 5.16 Å². The van der Waals surface area contributed by atoms with Crippen LogP contribution in [-0.4, -0.2) is 50.9 Å². The maximum Gasteiger partial charge on any atom is 0.310 e. The first-order chi connectivity index (χ1) is 11.8. The summed E-state index contributed by atoms with van der Waals surface area (Å²) in [6.07, 6.45) is 1.92. The van der Waals surface area contributed by atoms with Gasteiger partial charge in [0.15, 0.2) is 6.61 Å². The minimum absolute atomic E-state index is 0.0343. The Bertz CT molecular complexity index is 788. The van der Waals surface area contributed by atoms with E-state index in [9.17, 15) is 9.59 Å². The van der Waals surface area contributed by atoms with E-state index < -0.39 is 5.97 Å². The molecule has 0 unspecified atom stereocenters. The van der Waals surface area contributed by atoms with Crippen molar-refractivity contribution >= 4 is 29.4 Å². The van der Waals surface area contributed by atoms with Gasteiger partial charge in [0.05, 0.1) is 6.42 Å². The van der Waals surface area contributed by atoms with E-state index in [2.05, 4.69) is 20.4 Å². The first-order valence-electron chi connectivity index (χ1n) is 8.01. The largest absolute Gasteiger partial charge is 0.455 e. The molecule has 8 nitrogen and oxygen atoms in total. The second kappa shape index (κ2) is 8.28. The fourth-order valence-electron chi connectivity index (χ4n) is 2.24. The molecule has 1 amide bonds. The highest BCUT2D eigenvalue weighted by Gasteiger charge is 2.17. The lowest BCUT2D eigenvalue weighted by molar-refractivity contribution is -0.147. The van der Waals surface area contributed by atoms with Gasteiger partial charge >= 0.3 is 5.97 Å². The van der Waals surface area contributed by atoms with Crippen LogP contribution in [0.3, 0.4) is 0 Å². The smallest absolute Gasteiger partial charge is 0.310 e. The number of hydrogen-bond donors (Lipinski definition) is 1. The number of fused-ring (bicyclic) bond motifs is 1. The SMILES string of the molecule is CSc1nc2nc(C)c(CC(=O)OCC(=O)NCC(C)C)c(C)n2n1. The minimum Gasteiger partial charge on any atom is -0.455 e. The number of rotatable bonds is 7. The number of aromatic nitrogens is 4. The summed E-state index contributed by atoms with van der Waals surface area (Å²) < 4.78 is 6.68. The molecule has 0 bridgehead atoms. The van der Waals surface area contributed by atoms with Crippen molar-refractivity contribution in [3.8, 4) is 0 Å². The van der Waals surface area contributed by atoms with Gasteiger partial charge < -0.3 is 10.1 Å². The number of carbonyl (C=O) groups is 2. The van der Waals surface area contributed by atoms with Gasteiger partial charge in [0.1, 0.15) is 0 Å². The van der Waals surface area contributed by atoms with Gasteiger partial charge in [0, 0.05) is 23.5 Å². The molecule has 2 heterocycles. The molecule has 2 aromatic heterocycles. The lowest BCUT2D eigenvalue weighted by Crippen LogP contribution is -2.31. The molecule has 0 fully saturated rings. The van der Waals surface area contributed by atoms with Crippen LogP contribution in [0, 0.1) is 19.8 Å². The van der Waals surface area contributed by atoms with Crippen LogP contribution in [0.4, 0.5) is 0 Å². The monoisotopic (exact) mass is 365 g/mol. The summed E-state index contributed by atoms with van der Waals surface area (Å²) in [5, 5.41) is 7.67. The highest BCUT2D eigenvalue weighted by Crippen LogP contribution is 2.17. The molecule has 9 heteroatoms. The minimum atomic E-state index is -0.475. The van der Waals surface area contributed by atoms with E-state index in [0.717, 1.165) is 11.3 Å². The Morgan fingerprint density at radius 3 is 2.64 bits per heavy atom. The molecule has 0 aliphatic rings. The van der Waals surface area contributed by atoms with Gasteiger partial charge in [-0.15, -0.1) is 5.10 Å². The zero-order valence-electron chi connectivity index (χ0n) is 15.1. The molecule has 2 rings (SSSR count). The van der Waals surface area contributed by atoms with Crippen LogP contribution in [0.1, 0.15) is 30.8 Å². The maximum absolute atomic E-state index is 12.1. The fourth-order valence-corrected chi connectivity index (χ4v) is 2.58. The predicted octanol–water partition coefficient (Wildman–Crippen LogP) is 1.32. The summed E-state index contributed by atoms with van der Waals surface area (Å²) in [4.78, 5) is 32.4. The van der Waals surface area contributed by atoms with Crippen molar-refractivity contribution in [2.45, 2.75) is 39.3 Å². The van der Waals surface area contributed by atoms with Crippen molar-refractivity contribution in [1.82, 2.24) is 24.9 Å². The molecular weight excluding hydrogens is 342 g/mol. The Labute approximate surface area is 150 Å². The molecule has 0 atom stereocenters. The molecule has 0 aliphatic carbocycles. The van der Waals surface area contributed by atoms with E-state index in [1.807, 2.05) is 34.0 Å². The Hall–Kier alpha value is -2.16. The van der Waals surface area contributed by atoms with E-state index in [4.69, 9.17) is 4.74 Å². The first-order valence-corrected chi connectivity index (χ1v) is 9.23. The number of aryl methyl sites for hydroxylation is 2. The number of carbonyl (C=O) groups excluding carboxylic acids is 2. The van der Waals surface area contributed by atoms with Crippen LogP contribution in [-0.2, 0) is 20.7 Å². The standard InChI is InChI=1S/C16H23N5O3S/c1-9(2)7-17-13(22)8-24-14(23)6-12-10(3)18-15-19-16(25-5)20-21(15)11(12)4/h9H,6-8H2,1-5H3,(H,17,22). The average Bonchev–Trinajstić information content (AvgIpc) is 2.98. The molecule has 2 aromatic rings. The van der Waals surface area contributed by atoms with Crippen molar-refractivity contribution in [1.29, 1.82) is 0 Å². The maximum atomic E-state index is 12.1. The highest BCUT2D eigenvalue weighted by atomic mass is 32.2. The number of amides is 1. The summed E-state index contributed by atoms with van der Waals surface area (Å²) in [5.74, 6) is 0.0725. The Balaban J connectivity index is 2.04. The summed E-state index contributed by atoms with van der Waals surface area (Å²) in [5.41, 5.74) is 2.22. The van der Waals surface area contributed by atoms with E-state index in [-0.39, 0.29) is 18.9 Å². The van der Waals surface area contributed by atoms with Crippen LogP contribution in [0.5, 0.6) is 0 Å². The molecule has 0 radical (unpaired) electrons. The molecule has 0 spiro atoms. The molecule has 0 aromatic carbocycles. The van der Waals surface area contributed by atoms with Crippen molar-refractivity contribution in [3.63, 3.8) is 0 Å². The third-order valence-electron chi connectivity index (χ3n) is 3.60. The lowest BCUT2D eigenvalue weighted by atomic mass is 10.1. The van der Waals surface area contributed by atoms with Gasteiger partial charge in [-0.2, -0.15) is 4.98 Å². The molecule has 0 aliphatic heterocycles. The Morgan fingerprint density at radius 1 is 1.28 bits per heavy atom. The van der Waals surface area contributed by atoms with Crippen LogP contribution in [0.15, 0.2) is 5.16 Å². The number of thioether (sulfide) groups is 1. The number of nitrogens with one attached hydrogen (secondary N) is 1. The van der Waals surface area contributed by atoms with Crippen LogP contribution < -0.4 is 5.32 Å². The quantitative estimate of drug-likeness (QED) is 0.583. The van der Waals surface area contributed by atoms with Gasteiger partial charge in [-0.3, -0.25) is 9.59 Å². The lowest BCUT2D eigenvalue weighted by Gasteiger charge is -2.11. The topological polar surface area (TPSA) is 98.5 Å². The molecule has 0 saturated carbocycles. The molecule has 1 N–H and O–H groups in total. The summed E-state index contributed by atoms with van der Waals surface area (Å²) >= 11 is 1.43. The third-order valence-corrected chi connectivity index (χ3v) is 4.14. The number of nitrogens with zero attached hydrogens (tertiary/aromatic N) is 4. The molecule has 25 heavy (non-hydrogen) atoms. The second-order valence-electron chi connectivity index (χ2n) is 6.11. The Morgan fingerprint density at radius 2 is 2.00 bits per heavy atom. The Kier molecular flexibility index (Phi) is 6.35.